The lowest BCUT2D eigenvalue weighted by Gasteiger charge is -2.17. The van der Waals surface area contributed by atoms with Crippen LogP contribution in [0.5, 0.6) is 0 Å². The third kappa shape index (κ3) is 6.55. The van der Waals surface area contributed by atoms with Crippen molar-refractivity contribution in [3.05, 3.63) is 223 Å². The van der Waals surface area contributed by atoms with Gasteiger partial charge < -0.3 is 8.98 Å². The van der Waals surface area contributed by atoms with E-state index in [0.29, 0.717) is 28.7 Å². The largest absolute Gasteiger partial charge is 0.456 e. The van der Waals surface area contributed by atoms with Gasteiger partial charge in [-0.05, 0) is 88.0 Å². The van der Waals surface area contributed by atoms with Gasteiger partial charge in [-0.1, -0.05) is 152 Å². The third-order valence-corrected chi connectivity index (χ3v) is 12.3. The van der Waals surface area contributed by atoms with Gasteiger partial charge in [-0.2, -0.15) is 5.26 Å². The highest BCUT2D eigenvalue weighted by Crippen LogP contribution is 2.43. The molecule has 0 unspecified atom stereocenters. The fourth-order valence-electron chi connectivity index (χ4n) is 9.18. The number of aromatic nitrogens is 4. The fourth-order valence-corrected chi connectivity index (χ4v) is 9.18. The van der Waals surface area contributed by atoms with Gasteiger partial charge in [-0.15, -0.1) is 0 Å². The SMILES string of the molecule is [C-]#[N+]c1cccc(-c2ccc3c4ccc(-c5cccc(C#N)c5)cc4n(-c4ccc(-c5cccc6oc7ccccc7c56)cc4-c4nc(-c5ccccc5)nc(-c5ccccc5)n4)c3c2)c1. The summed E-state index contributed by atoms with van der Waals surface area (Å²) in [6.07, 6.45) is 0. The Morgan fingerprint density at radius 3 is 1.68 bits per heavy atom. The monoisotopic (exact) mass is 842 g/mol. The summed E-state index contributed by atoms with van der Waals surface area (Å²) in [4.78, 5) is 19.5. The molecule has 0 fully saturated rings. The van der Waals surface area contributed by atoms with Crippen molar-refractivity contribution in [1.82, 2.24) is 19.5 Å². The topological polar surface area (TPSA) is 84.9 Å². The quantitative estimate of drug-likeness (QED) is 0.149. The van der Waals surface area contributed by atoms with Crippen LogP contribution in [0, 0.1) is 17.9 Å². The van der Waals surface area contributed by atoms with Crippen LogP contribution < -0.4 is 0 Å². The lowest BCUT2D eigenvalue weighted by atomic mass is 9.96. The molecule has 0 aliphatic carbocycles. The minimum absolute atomic E-state index is 0.512. The van der Waals surface area contributed by atoms with Crippen LogP contribution in [0.25, 0.3) is 122 Å². The second-order valence-corrected chi connectivity index (χ2v) is 16.2. The molecule has 66 heavy (non-hydrogen) atoms. The maximum atomic E-state index is 9.86. The molecule has 0 spiro atoms. The number of fused-ring (bicyclic) bond motifs is 6. The molecule has 0 amide bonds. The summed E-state index contributed by atoms with van der Waals surface area (Å²) in [6, 6.07) is 71.8. The maximum absolute atomic E-state index is 9.86. The van der Waals surface area contributed by atoms with Crippen LogP contribution in [-0.2, 0) is 0 Å². The lowest BCUT2D eigenvalue weighted by molar-refractivity contribution is 0.669. The highest BCUT2D eigenvalue weighted by molar-refractivity contribution is 6.14. The molecule has 0 radical (unpaired) electrons. The Bertz CT molecular complexity index is 3790. The van der Waals surface area contributed by atoms with Crippen molar-refractivity contribution >= 4 is 49.4 Å². The number of para-hydroxylation sites is 1. The standard InChI is InChI=1S/C59H34N6O/c1-61-45-20-11-19-41(32-45)43-26-29-48-47-28-25-42(40-18-10-13-37(31-40)36-60)34-52(47)65(53(48)35-43)51-30-27-44(46-22-12-24-55-56(46)49-21-8-9-23-54(49)66-55)33-50(51)59-63-57(38-14-4-2-5-15-38)62-58(64-59)39-16-6-3-7-17-39/h2-35H. The molecular formula is C59H34N6O. The predicted molar refractivity (Wildman–Crippen MR) is 265 cm³/mol. The summed E-state index contributed by atoms with van der Waals surface area (Å²) in [5.41, 5.74) is 14.0. The molecule has 7 heteroatoms. The third-order valence-electron chi connectivity index (χ3n) is 12.3. The fraction of sp³-hybridized carbons (Fsp3) is 0. The molecule has 7 nitrogen and oxygen atoms in total. The van der Waals surface area contributed by atoms with Gasteiger partial charge in [0.1, 0.15) is 11.2 Å². The molecular weight excluding hydrogens is 809 g/mol. The van der Waals surface area contributed by atoms with Crippen molar-refractivity contribution in [1.29, 1.82) is 5.26 Å². The summed E-state index contributed by atoms with van der Waals surface area (Å²) in [6.45, 7) is 7.75. The van der Waals surface area contributed by atoms with Gasteiger partial charge in [0.25, 0.3) is 0 Å². The van der Waals surface area contributed by atoms with E-state index in [2.05, 4.69) is 82.2 Å². The Morgan fingerprint density at radius 1 is 0.439 bits per heavy atom. The van der Waals surface area contributed by atoms with Crippen LogP contribution in [0.2, 0.25) is 0 Å². The summed E-state index contributed by atoms with van der Waals surface area (Å²) in [5, 5.41) is 14.0. The first-order valence-corrected chi connectivity index (χ1v) is 21.6. The van der Waals surface area contributed by atoms with Crippen LogP contribution in [0.15, 0.2) is 211 Å². The highest BCUT2D eigenvalue weighted by atomic mass is 16.3. The average molecular weight is 843 g/mol. The predicted octanol–water partition coefficient (Wildman–Crippen LogP) is 15.3. The zero-order valence-electron chi connectivity index (χ0n) is 35.2. The van der Waals surface area contributed by atoms with E-state index in [-0.39, 0.29) is 0 Å². The first-order valence-electron chi connectivity index (χ1n) is 21.6. The van der Waals surface area contributed by atoms with Crippen molar-refractivity contribution in [2.24, 2.45) is 0 Å². The Balaban J connectivity index is 1.19. The molecule has 0 saturated heterocycles. The second-order valence-electron chi connectivity index (χ2n) is 16.2. The van der Waals surface area contributed by atoms with E-state index in [1.54, 1.807) is 0 Å². The Hall–Kier alpha value is -9.43. The number of hydrogen-bond acceptors (Lipinski definition) is 5. The minimum Gasteiger partial charge on any atom is -0.456 e. The Morgan fingerprint density at radius 2 is 1.00 bits per heavy atom. The smallest absolute Gasteiger partial charge is 0.187 e. The molecule has 0 aliphatic heterocycles. The number of nitrogens with zero attached hydrogens (tertiary/aromatic N) is 6. The van der Waals surface area contributed by atoms with E-state index in [1.807, 2.05) is 140 Å². The van der Waals surface area contributed by atoms with Crippen molar-refractivity contribution in [2.45, 2.75) is 0 Å². The van der Waals surface area contributed by atoms with E-state index >= 15 is 0 Å². The molecule has 0 saturated carbocycles. The highest BCUT2D eigenvalue weighted by Gasteiger charge is 2.23. The zero-order chi connectivity index (χ0) is 44.1. The normalized spacial score (nSPS) is 11.3. The van der Waals surface area contributed by atoms with Crippen molar-refractivity contribution < 1.29 is 4.42 Å². The molecule has 12 rings (SSSR count). The molecule has 0 aliphatic rings. The van der Waals surface area contributed by atoms with Crippen LogP contribution in [0.1, 0.15) is 5.56 Å². The molecule has 0 bridgehead atoms. The number of rotatable bonds is 7. The van der Waals surface area contributed by atoms with E-state index in [4.69, 9.17) is 25.9 Å². The lowest BCUT2D eigenvalue weighted by Crippen LogP contribution is -2.04. The number of benzene rings is 9. The van der Waals surface area contributed by atoms with Gasteiger partial charge >= 0.3 is 0 Å². The summed E-state index contributed by atoms with van der Waals surface area (Å²) < 4.78 is 8.70. The molecule has 3 aromatic heterocycles. The van der Waals surface area contributed by atoms with Gasteiger partial charge in [0, 0.05) is 38.2 Å². The van der Waals surface area contributed by atoms with Gasteiger partial charge in [0.05, 0.1) is 34.9 Å². The van der Waals surface area contributed by atoms with Crippen molar-refractivity contribution in [2.75, 3.05) is 0 Å². The van der Waals surface area contributed by atoms with Crippen LogP contribution >= 0.6 is 0 Å². The molecule has 306 valence electrons. The van der Waals surface area contributed by atoms with Crippen LogP contribution in [0.4, 0.5) is 5.69 Å². The summed E-state index contributed by atoms with van der Waals surface area (Å²) in [7, 11) is 0. The van der Waals surface area contributed by atoms with E-state index in [1.165, 1.54) is 0 Å². The van der Waals surface area contributed by atoms with E-state index in [0.717, 1.165) is 99.5 Å². The van der Waals surface area contributed by atoms with Crippen molar-refractivity contribution in [3.8, 4) is 79.3 Å². The maximum Gasteiger partial charge on any atom is 0.187 e. The Labute approximate surface area is 379 Å². The molecule has 0 N–H and O–H groups in total. The van der Waals surface area contributed by atoms with Gasteiger partial charge in [0.15, 0.2) is 23.2 Å². The molecule has 12 aromatic rings. The average Bonchev–Trinajstić information content (AvgIpc) is 3.94. The van der Waals surface area contributed by atoms with Gasteiger partial charge in [0.2, 0.25) is 0 Å². The molecule has 3 heterocycles. The Kier molecular flexibility index (Phi) is 9.12. The summed E-state index contributed by atoms with van der Waals surface area (Å²) >= 11 is 0. The number of hydrogen-bond donors (Lipinski definition) is 0. The first-order chi connectivity index (χ1) is 32.6. The molecule has 9 aromatic carbocycles. The first kappa shape index (κ1) is 38.3. The molecule has 0 atom stereocenters. The van der Waals surface area contributed by atoms with Gasteiger partial charge in [-0.3, -0.25) is 0 Å². The second kappa shape index (κ2) is 15.7. The van der Waals surface area contributed by atoms with E-state index < -0.39 is 0 Å². The minimum atomic E-state index is 0.512. The summed E-state index contributed by atoms with van der Waals surface area (Å²) in [5.74, 6) is 1.63. The van der Waals surface area contributed by atoms with Gasteiger partial charge in [-0.25, -0.2) is 19.8 Å². The number of nitriles is 1. The number of furan rings is 1. The van der Waals surface area contributed by atoms with Crippen LogP contribution in [0.3, 0.4) is 0 Å². The van der Waals surface area contributed by atoms with E-state index in [9.17, 15) is 5.26 Å². The zero-order valence-corrected chi connectivity index (χ0v) is 35.2. The van der Waals surface area contributed by atoms with Crippen LogP contribution in [-0.4, -0.2) is 19.5 Å². The van der Waals surface area contributed by atoms with Crippen molar-refractivity contribution in [3.63, 3.8) is 0 Å².